The van der Waals surface area contributed by atoms with Crippen molar-refractivity contribution < 1.29 is 14.0 Å². The molecule has 0 bridgehead atoms. The maximum absolute atomic E-state index is 13.4. The van der Waals surface area contributed by atoms with E-state index in [1.165, 1.54) is 6.07 Å². The van der Waals surface area contributed by atoms with Crippen molar-refractivity contribution >= 4 is 43.5 Å². The van der Waals surface area contributed by atoms with Gasteiger partial charge in [0.05, 0.1) is 22.9 Å². The second-order valence-electron chi connectivity index (χ2n) is 16.0. The predicted molar refractivity (Wildman–Crippen MR) is 224 cm³/mol. The van der Waals surface area contributed by atoms with Crippen LogP contribution in [-0.2, 0) is 25.1 Å². The molecule has 0 unspecified atom stereocenters. The van der Waals surface area contributed by atoms with Crippen LogP contribution in [0.5, 0.6) is 11.5 Å². The average molecular weight is 787 g/mol. The van der Waals surface area contributed by atoms with Crippen LogP contribution in [-0.4, -0.2) is 35.0 Å². The molecule has 5 aromatic rings. The number of nitrogens with one attached hydrogen (secondary N) is 2. The van der Waals surface area contributed by atoms with Crippen molar-refractivity contribution in [2.45, 2.75) is 96.6 Å². The third kappa shape index (κ3) is 9.80. The number of halogens is 1. The van der Waals surface area contributed by atoms with Crippen LogP contribution in [0.15, 0.2) is 94.6 Å². The standard InChI is InChI=1S/C42H52ClN5O4SSi/c1-28-21-33(23-39(49)47(28)26-30-16-13-14-18-36(30)53-8)51-27-31-17-12-11-15-29(31)25-44-40(50)45-38-24-37(41(2,3)4)46-48(38)32-19-20-35(34(43)22-32)52-54(9,10)42(5,6)7/h11-24H,25-27H2,1-10H3,(H2,44,45,50). The summed E-state index contributed by atoms with van der Waals surface area (Å²) in [7, 11) is -2.11. The summed E-state index contributed by atoms with van der Waals surface area (Å²) in [4.78, 5) is 27.7. The van der Waals surface area contributed by atoms with E-state index in [1.54, 1.807) is 21.0 Å². The van der Waals surface area contributed by atoms with Crippen LogP contribution in [0, 0.1) is 6.92 Å². The van der Waals surface area contributed by atoms with E-state index in [0.717, 1.165) is 33.0 Å². The Kier molecular flexibility index (Phi) is 12.4. The maximum Gasteiger partial charge on any atom is 0.320 e. The van der Waals surface area contributed by atoms with Crippen molar-refractivity contribution in [3.63, 3.8) is 0 Å². The molecule has 2 amide bonds. The van der Waals surface area contributed by atoms with Crippen molar-refractivity contribution in [2.75, 3.05) is 11.6 Å². The van der Waals surface area contributed by atoms with Gasteiger partial charge in [-0.2, -0.15) is 5.10 Å². The first-order valence-electron chi connectivity index (χ1n) is 18.0. The molecule has 0 radical (unpaired) electrons. The van der Waals surface area contributed by atoms with Gasteiger partial charge in [0.1, 0.15) is 23.9 Å². The van der Waals surface area contributed by atoms with Gasteiger partial charge in [-0.25, -0.2) is 9.48 Å². The number of pyridine rings is 1. The second kappa shape index (κ2) is 16.5. The summed E-state index contributed by atoms with van der Waals surface area (Å²) in [5.74, 6) is 1.64. The van der Waals surface area contributed by atoms with Gasteiger partial charge in [0.15, 0.2) is 0 Å². The lowest BCUT2D eigenvalue weighted by Gasteiger charge is -2.36. The summed E-state index contributed by atoms with van der Waals surface area (Å²) in [6.45, 7) is 20.0. The molecule has 5 rings (SSSR count). The molecule has 3 aromatic carbocycles. The highest BCUT2D eigenvalue weighted by atomic mass is 35.5. The summed E-state index contributed by atoms with van der Waals surface area (Å²) in [6.07, 6.45) is 2.03. The molecule has 0 saturated carbocycles. The van der Waals surface area contributed by atoms with E-state index < -0.39 is 14.3 Å². The zero-order chi connectivity index (χ0) is 39.4. The SMILES string of the molecule is CSc1ccccc1Cn1c(C)cc(OCc2ccccc2CNC(=O)Nc2cc(C(C)(C)C)nn2-c2ccc(O[Si](C)(C)C(C)(C)C)c(Cl)c2)cc1=O. The van der Waals surface area contributed by atoms with Crippen LogP contribution in [0.3, 0.4) is 0 Å². The number of benzene rings is 3. The number of carbonyl (C=O) groups is 1. The minimum atomic E-state index is -2.11. The number of amides is 2. The Hall–Kier alpha value is -4.45. The van der Waals surface area contributed by atoms with E-state index in [9.17, 15) is 9.59 Å². The summed E-state index contributed by atoms with van der Waals surface area (Å²) in [6, 6.07) is 26.3. The van der Waals surface area contributed by atoms with Crippen LogP contribution in [0.25, 0.3) is 5.69 Å². The van der Waals surface area contributed by atoms with Gasteiger partial charge < -0.3 is 19.0 Å². The Morgan fingerprint density at radius 1 is 0.907 bits per heavy atom. The third-order valence-corrected chi connectivity index (χ3v) is 15.3. The molecular weight excluding hydrogens is 734 g/mol. The molecule has 12 heteroatoms. The summed E-state index contributed by atoms with van der Waals surface area (Å²) < 4.78 is 16.1. The largest absolute Gasteiger partial charge is 0.543 e. The van der Waals surface area contributed by atoms with E-state index in [0.29, 0.717) is 34.6 Å². The molecule has 0 aliphatic rings. The van der Waals surface area contributed by atoms with Crippen LogP contribution in [0.2, 0.25) is 23.2 Å². The monoisotopic (exact) mass is 785 g/mol. The molecule has 0 fully saturated rings. The van der Waals surface area contributed by atoms with Crippen LogP contribution < -0.4 is 25.4 Å². The normalized spacial score (nSPS) is 12.1. The highest BCUT2D eigenvalue weighted by Crippen LogP contribution is 2.40. The van der Waals surface area contributed by atoms with E-state index in [1.807, 2.05) is 86.0 Å². The van der Waals surface area contributed by atoms with Crippen molar-refractivity contribution in [3.8, 4) is 17.2 Å². The minimum absolute atomic E-state index is 0.0182. The first-order chi connectivity index (χ1) is 25.4. The van der Waals surface area contributed by atoms with Gasteiger partial charge >= 0.3 is 6.03 Å². The molecule has 0 saturated heterocycles. The van der Waals surface area contributed by atoms with Gasteiger partial charge in [-0.15, -0.1) is 11.8 Å². The topological polar surface area (TPSA) is 99.4 Å². The zero-order valence-electron chi connectivity index (χ0n) is 33.0. The Morgan fingerprint density at radius 3 is 2.20 bits per heavy atom. The summed E-state index contributed by atoms with van der Waals surface area (Å²) in [5.41, 5.74) is 4.80. The second-order valence-corrected chi connectivity index (χ2v) is 22.0. The quantitative estimate of drug-likeness (QED) is 0.0965. The fraction of sp³-hybridized carbons (Fsp3) is 0.357. The highest BCUT2D eigenvalue weighted by Gasteiger charge is 2.39. The van der Waals surface area contributed by atoms with Crippen LogP contribution >= 0.6 is 23.4 Å². The number of aryl methyl sites for hydroxylation is 1. The lowest BCUT2D eigenvalue weighted by atomic mass is 9.92. The lowest BCUT2D eigenvalue weighted by molar-refractivity contribution is 0.251. The van der Waals surface area contributed by atoms with Crippen LogP contribution in [0.1, 0.15) is 69.6 Å². The molecule has 9 nitrogen and oxygen atoms in total. The van der Waals surface area contributed by atoms with E-state index in [2.05, 4.69) is 71.3 Å². The number of rotatable bonds is 12. The third-order valence-electron chi connectivity index (χ3n) is 9.83. The van der Waals surface area contributed by atoms with Crippen LogP contribution in [0.4, 0.5) is 10.6 Å². The molecule has 0 aliphatic heterocycles. The van der Waals surface area contributed by atoms with Gasteiger partial charge in [0.2, 0.25) is 0 Å². The number of anilines is 1. The van der Waals surface area contributed by atoms with Gasteiger partial charge in [-0.05, 0) is 78.3 Å². The Morgan fingerprint density at radius 2 is 1.57 bits per heavy atom. The number of ether oxygens (including phenoxy) is 1. The van der Waals surface area contributed by atoms with E-state index in [-0.39, 0.29) is 29.2 Å². The van der Waals surface area contributed by atoms with Crippen molar-refractivity contribution in [2.24, 2.45) is 0 Å². The number of nitrogens with zero attached hydrogens (tertiary/aromatic N) is 3. The Balaban J connectivity index is 1.27. The van der Waals surface area contributed by atoms with E-state index >= 15 is 0 Å². The first kappa shape index (κ1) is 40.7. The first-order valence-corrected chi connectivity index (χ1v) is 22.5. The highest BCUT2D eigenvalue weighted by molar-refractivity contribution is 7.98. The number of aromatic nitrogens is 3. The summed E-state index contributed by atoms with van der Waals surface area (Å²) >= 11 is 8.44. The fourth-order valence-corrected chi connectivity index (χ4v) is 7.44. The molecule has 2 heterocycles. The molecule has 2 N–H and O–H groups in total. The number of hydrogen-bond donors (Lipinski definition) is 2. The van der Waals surface area contributed by atoms with Gasteiger partial charge in [0, 0.05) is 34.7 Å². The number of urea groups is 1. The Labute approximate surface area is 329 Å². The van der Waals surface area contributed by atoms with Gasteiger partial charge in [0.25, 0.3) is 13.9 Å². The molecule has 54 heavy (non-hydrogen) atoms. The summed E-state index contributed by atoms with van der Waals surface area (Å²) in [5, 5.41) is 11.3. The molecular formula is C42H52ClN5O4SSi. The van der Waals surface area contributed by atoms with Crippen molar-refractivity contribution in [1.82, 2.24) is 19.7 Å². The number of thioether (sulfide) groups is 1. The smallest absolute Gasteiger partial charge is 0.320 e. The predicted octanol–water partition coefficient (Wildman–Crippen LogP) is 10.3. The maximum atomic E-state index is 13.4. The average Bonchev–Trinajstić information content (AvgIpc) is 3.53. The van der Waals surface area contributed by atoms with Gasteiger partial charge in [-0.3, -0.25) is 10.1 Å². The van der Waals surface area contributed by atoms with Crippen molar-refractivity contribution in [1.29, 1.82) is 0 Å². The van der Waals surface area contributed by atoms with E-state index in [4.69, 9.17) is 25.9 Å². The molecule has 286 valence electrons. The molecule has 0 aliphatic carbocycles. The zero-order valence-corrected chi connectivity index (χ0v) is 35.5. The fourth-order valence-electron chi connectivity index (χ4n) is 5.52. The molecule has 0 spiro atoms. The molecule has 0 atom stereocenters. The molecule has 2 aromatic heterocycles. The lowest BCUT2D eigenvalue weighted by Crippen LogP contribution is -2.43. The number of hydrogen-bond acceptors (Lipinski definition) is 6. The Bertz CT molecular complexity index is 2180. The van der Waals surface area contributed by atoms with Gasteiger partial charge in [-0.1, -0.05) is 95.6 Å². The minimum Gasteiger partial charge on any atom is -0.543 e. The number of carbonyl (C=O) groups excluding carboxylic acids is 1. The van der Waals surface area contributed by atoms with Crippen molar-refractivity contribution in [3.05, 3.63) is 128 Å².